The minimum atomic E-state index is -0.494. The molecule has 1 aromatic carbocycles. The van der Waals surface area contributed by atoms with Gasteiger partial charge in [0.25, 0.3) is 0 Å². The van der Waals surface area contributed by atoms with E-state index in [0.29, 0.717) is 42.8 Å². The molecular weight excluding hydrogens is 376 g/mol. The van der Waals surface area contributed by atoms with Crippen molar-refractivity contribution in [1.82, 2.24) is 15.5 Å². The number of hydrogen-bond acceptors (Lipinski definition) is 6. The summed E-state index contributed by atoms with van der Waals surface area (Å²) in [5.74, 6) is 2.55. The first-order valence-corrected chi connectivity index (χ1v) is 9.44. The van der Waals surface area contributed by atoms with Gasteiger partial charge in [-0.1, -0.05) is 0 Å². The highest BCUT2D eigenvalue weighted by atomic mass is 16.6. The molecule has 1 heterocycles. The maximum absolute atomic E-state index is 12.0. The second-order valence-corrected chi connectivity index (χ2v) is 7.67. The smallest absolute Gasteiger partial charge is 0.410 e. The Morgan fingerprint density at radius 3 is 2.21 bits per heavy atom. The zero-order valence-electron chi connectivity index (χ0n) is 18.3. The number of aliphatic imine (C=N–C) groups is 1. The number of hydrogen-bond donors (Lipinski definition) is 2. The normalized spacial score (nSPS) is 14.7. The van der Waals surface area contributed by atoms with Gasteiger partial charge in [0, 0.05) is 38.3 Å². The van der Waals surface area contributed by atoms with Crippen LogP contribution in [0.15, 0.2) is 17.1 Å². The second kappa shape index (κ2) is 9.58. The number of carbonyl (C=O) groups is 1. The Bertz CT molecular complexity index is 739. The van der Waals surface area contributed by atoms with Crippen LogP contribution in [-0.2, 0) is 11.3 Å². The summed E-state index contributed by atoms with van der Waals surface area (Å²) >= 11 is 0. The van der Waals surface area contributed by atoms with Gasteiger partial charge in [0.1, 0.15) is 11.4 Å². The van der Waals surface area contributed by atoms with Crippen molar-refractivity contribution in [2.75, 3.05) is 41.5 Å². The van der Waals surface area contributed by atoms with E-state index in [1.165, 1.54) is 0 Å². The standard InChI is InChI=1S/C20H32N4O5/c1-20(2,3)29-19(25)24-11-14(12-24)23-18(21-4)22-10-13-8-16(27-6)17(28-7)9-15(13)26-5/h8-9,14H,10-12H2,1-7H3,(H2,21,22,23). The third kappa shape index (κ3) is 6.07. The van der Waals surface area contributed by atoms with Crippen molar-refractivity contribution in [1.29, 1.82) is 0 Å². The number of amides is 1. The molecule has 0 saturated carbocycles. The average Bonchev–Trinajstić information content (AvgIpc) is 2.64. The van der Waals surface area contributed by atoms with E-state index in [4.69, 9.17) is 18.9 Å². The molecule has 9 nitrogen and oxygen atoms in total. The van der Waals surface area contributed by atoms with Crippen molar-refractivity contribution < 1.29 is 23.7 Å². The molecule has 1 fully saturated rings. The molecule has 0 radical (unpaired) electrons. The molecule has 162 valence electrons. The van der Waals surface area contributed by atoms with Gasteiger partial charge >= 0.3 is 6.09 Å². The van der Waals surface area contributed by atoms with Gasteiger partial charge in [-0.2, -0.15) is 0 Å². The fourth-order valence-corrected chi connectivity index (χ4v) is 2.84. The molecule has 2 rings (SSSR count). The van der Waals surface area contributed by atoms with E-state index in [2.05, 4.69) is 15.6 Å². The van der Waals surface area contributed by atoms with Crippen LogP contribution in [0, 0.1) is 0 Å². The van der Waals surface area contributed by atoms with Crippen LogP contribution in [0.3, 0.4) is 0 Å². The number of carbonyl (C=O) groups excluding carboxylic acids is 1. The number of likely N-dealkylation sites (tertiary alicyclic amines) is 1. The molecule has 1 aliphatic heterocycles. The summed E-state index contributed by atoms with van der Waals surface area (Å²) in [5, 5.41) is 6.56. The van der Waals surface area contributed by atoms with E-state index < -0.39 is 5.60 Å². The predicted octanol–water partition coefficient (Wildman–Crippen LogP) is 2.00. The Kier molecular flexibility index (Phi) is 7.41. The monoisotopic (exact) mass is 408 g/mol. The molecule has 0 aromatic heterocycles. The van der Waals surface area contributed by atoms with Crippen LogP contribution in [0.2, 0.25) is 0 Å². The minimum absolute atomic E-state index is 0.112. The van der Waals surface area contributed by atoms with E-state index in [1.807, 2.05) is 26.8 Å². The van der Waals surface area contributed by atoms with E-state index in [-0.39, 0.29) is 12.1 Å². The molecule has 1 saturated heterocycles. The Labute approximate surface area is 172 Å². The predicted molar refractivity (Wildman–Crippen MR) is 111 cm³/mol. The number of rotatable bonds is 6. The first-order chi connectivity index (χ1) is 13.7. The van der Waals surface area contributed by atoms with Crippen molar-refractivity contribution in [3.63, 3.8) is 0 Å². The minimum Gasteiger partial charge on any atom is -0.496 e. The lowest BCUT2D eigenvalue weighted by Gasteiger charge is -2.40. The fraction of sp³-hybridized carbons (Fsp3) is 0.600. The molecule has 0 unspecified atom stereocenters. The van der Waals surface area contributed by atoms with Gasteiger partial charge in [-0.25, -0.2) is 4.79 Å². The number of nitrogens with zero attached hydrogens (tertiary/aromatic N) is 2. The fourth-order valence-electron chi connectivity index (χ4n) is 2.84. The zero-order valence-corrected chi connectivity index (χ0v) is 18.3. The largest absolute Gasteiger partial charge is 0.496 e. The van der Waals surface area contributed by atoms with Crippen LogP contribution in [0.4, 0.5) is 4.79 Å². The Morgan fingerprint density at radius 2 is 1.69 bits per heavy atom. The molecule has 2 N–H and O–H groups in total. The van der Waals surface area contributed by atoms with Gasteiger partial charge < -0.3 is 34.5 Å². The zero-order chi connectivity index (χ0) is 21.6. The number of guanidine groups is 1. The Balaban J connectivity index is 1.90. The first-order valence-electron chi connectivity index (χ1n) is 9.44. The van der Waals surface area contributed by atoms with Crippen LogP contribution in [0.5, 0.6) is 17.2 Å². The third-order valence-electron chi connectivity index (χ3n) is 4.33. The topological polar surface area (TPSA) is 93.7 Å². The second-order valence-electron chi connectivity index (χ2n) is 7.67. The van der Waals surface area contributed by atoms with Crippen LogP contribution >= 0.6 is 0 Å². The van der Waals surface area contributed by atoms with Crippen LogP contribution in [0.1, 0.15) is 26.3 Å². The molecule has 9 heteroatoms. The molecular formula is C20H32N4O5. The summed E-state index contributed by atoms with van der Waals surface area (Å²) in [6.45, 7) is 7.17. The van der Waals surface area contributed by atoms with Gasteiger partial charge in [0.05, 0.1) is 27.4 Å². The SMILES string of the molecule is CN=C(NCc1cc(OC)c(OC)cc1OC)NC1CN(C(=O)OC(C)(C)C)C1. The summed E-state index contributed by atoms with van der Waals surface area (Å²) in [6, 6.07) is 3.77. The van der Waals surface area contributed by atoms with Crippen molar-refractivity contribution >= 4 is 12.1 Å². The third-order valence-corrected chi connectivity index (χ3v) is 4.33. The van der Waals surface area contributed by atoms with Gasteiger partial charge in [-0.05, 0) is 26.8 Å². The highest BCUT2D eigenvalue weighted by molar-refractivity contribution is 5.80. The van der Waals surface area contributed by atoms with E-state index in [1.54, 1.807) is 39.3 Å². The molecule has 0 aliphatic carbocycles. The van der Waals surface area contributed by atoms with Crippen LogP contribution in [-0.4, -0.2) is 70.1 Å². The highest BCUT2D eigenvalue weighted by Crippen LogP contribution is 2.34. The number of ether oxygens (including phenoxy) is 4. The summed E-state index contributed by atoms with van der Waals surface area (Å²) < 4.78 is 21.5. The Hall–Kier alpha value is -2.84. The van der Waals surface area contributed by atoms with Crippen molar-refractivity contribution in [3.8, 4) is 17.2 Å². The van der Waals surface area contributed by atoms with Crippen molar-refractivity contribution in [2.24, 2.45) is 4.99 Å². The summed E-state index contributed by atoms with van der Waals surface area (Å²) in [4.78, 5) is 17.9. The van der Waals surface area contributed by atoms with E-state index in [0.717, 1.165) is 5.56 Å². The van der Waals surface area contributed by atoms with Gasteiger partial charge in [0.15, 0.2) is 17.5 Å². The van der Waals surface area contributed by atoms with Crippen molar-refractivity contribution in [3.05, 3.63) is 17.7 Å². The lowest BCUT2D eigenvalue weighted by Crippen LogP contribution is -2.63. The van der Waals surface area contributed by atoms with Crippen LogP contribution in [0.25, 0.3) is 0 Å². The summed E-state index contributed by atoms with van der Waals surface area (Å²) in [5.41, 5.74) is 0.406. The Morgan fingerprint density at radius 1 is 1.10 bits per heavy atom. The molecule has 1 aromatic rings. The molecule has 29 heavy (non-hydrogen) atoms. The molecule has 1 aliphatic rings. The van der Waals surface area contributed by atoms with E-state index in [9.17, 15) is 4.79 Å². The van der Waals surface area contributed by atoms with Crippen LogP contribution < -0.4 is 24.8 Å². The van der Waals surface area contributed by atoms with Gasteiger partial charge in [-0.3, -0.25) is 4.99 Å². The molecule has 0 spiro atoms. The summed E-state index contributed by atoms with van der Waals surface area (Å²) in [6.07, 6.45) is -0.298. The molecule has 1 amide bonds. The first kappa shape index (κ1) is 22.4. The lowest BCUT2D eigenvalue weighted by molar-refractivity contribution is 0.00701. The summed E-state index contributed by atoms with van der Waals surface area (Å²) in [7, 11) is 6.48. The number of nitrogens with one attached hydrogen (secondary N) is 2. The highest BCUT2D eigenvalue weighted by Gasteiger charge is 2.34. The van der Waals surface area contributed by atoms with E-state index >= 15 is 0 Å². The lowest BCUT2D eigenvalue weighted by atomic mass is 10.1. The quantitative estimate of drug-likeness (QED) is 0.549. The van der Waals surface area contributed by atoms with Gasteiger partial charge in [-0.15, -0.1) is 0 Å². The maximum Gasteiger partial charge on any atom is 0.410 e. The van der Waals surface area contributed by atoms with Gasteiger partial charge in [0.2, 0.25) is 0 Å². The number of methoxy groups -OCH3 is 3. The van der Waals surface area contributed by atoms with Crippen molar-refractivity contribution in [2.45, 2.75) is 39.0 Å². The molecule has 0 atom stereocenters. The molecule has 0 bridgehead atoms. The number of benzene rings is 1. The maximum atomic E-state index is 12.0. The average molecular weight is 408 g/mol.